The maximum atomic E-state index is 11.4. The number of hydrogen-bond donors (Lipinski definition) is 0. The average Bonchev–Trinajstić information content (AvgIpc) is 3.13. The Hall–Kier alpha value is -2.75. The van der Waals surface area contributed by atoms with Crippen molar-refractivity contribution in [2.75, 3.05) is 13.7 Å². The van der Waals surface area contributed by atoms with E-state index in [0.717, 1.165) is 24.1 Å². The Bertz CT molecular complexity index is 765. The zero-order chi connectivity index (χ0) is 20.5. The van der Waals surface area contributed by atoms with Crippen LogP contribution < -0.4 is 0 Å². The van der Waals surface area contributed by atoms with Crippen LogP contribution >= 0.6 is 0 Å². The molecule has 0 radical (unpaired) electrons. The molecule has 2 unspecified atom stereocenters. The lowest BCUT2D eigenvalue weighted by atomic mass is 9.81. The first-order valence-electron chi connectivity index (χ1n) is 9.94. The van der Waals surface area contributed by atoms with Gasteiger partial charge in [0, 0.05) is 12.1 Å². The molecule has 0 aromatic heterocycles. The lowest BCUT2D eigenvalue weighted by molar-refractivity contribution is -0.144. The van der Waals surface area contributed by atoms with Crippen LogP contribution in [0.2, 0.25) is 0 Å². The van der Waals surface area contributed by atoms with Gasteiger partial charge in [-0.05, 0) is 43.1 Å². The summed E-state index contributed by atoms with van der Waals surface area (Å²) in [7, 11) is 1.36. The van der Waals surface area contributed by atoms with Crippen LogP contribution in [0.25, 0.3) is 0 Å². The molecule has 0 saturated heterocycles. The first-order chi connectivity index (χ1) is 13.7. The largest absolute Gasteiger partial charge is 0.480 e. The number of rotatable bonds is 6. The second kappa shape index (κ2) is 10.5. The maximum absolute atomic E-state index is 11.4. The summed E-state index contributed by atoms with van der Waals surface area (Å²) in [6.07, 6.45) is 20.8. The van der Waals surface area contributed by atoms with Gasteiger partial charge >= 0.3 is 5.97 Å². The molecule has 0 bridgehead atoms. The van der Waals surface area contributed by atoms with Crippen molar-refractivity contribution in [1.82, 2.24) is 4.90 Å². The van der Waals surface area contributed by atoms with E-state index in [2.05, 4.69) is 40.6 Å². The third-order valence-corrected chi connectivity index (χ3v) is 4.88. The number of methoxy groups -OCH3 is 1. The van der Waals surface area contributed by atoms with E-state index >= 15 is 0 Å². The summed E-state index contributed by atoms with van der Waals surface area (Å²) in [5.41, 5.74) is 3.46. The summed E-state index contributed by atoms with van der Waals surface area (Å²) in [5.74, 6) is 0.739. The number of nitrogens with zero attached hydrogens (tertiary/aromatic N) is 1. The SMILES string of the molecule is C=C/C(=C\C=C/C)C1=CCCC2C=C3C(OCC(=O)OC)=CC=CN3C12.CC. The van der Waals surface area contributed by atoms with Gasteiger partial charge in [-0.1, -0.05) is 56.9 Å². The molecule has 1 aliphatic carbocycles. The molecule has 2 aliphatic heterocycles. The molecule has 3 aliphatic rings. The van der Waals surface area contributed by atoms with Crippen molar-refractivity contribution in [3.8, 4) is 0 Å². The van der Waals surface area contributed by atoms with E-state index in [0.29, 0.717) is 11.7 Å². The summed E-state index contributed by atoms with van der Waals surface area (Å²) in [6, 6.07) is 0.231. The number of allylic oxidation sites excluding steroid dienone is 7. The average molecular weight is 382 g/mol. The summed E-state index contributed by atoms with van der Waals surface area (Å²) in [5, 5.41) is 0. The Morgan fingerprint density at radius 1 is 1.39 bits per heavy atom. The zero-order valence-corrected chi connectivity index (χ0v) is 17.4. The third-order valence-electron chi connectivity index (χ3n) is 4.88. The fourth-order valence-electron chi connectivity index (χ4n) is 3.69. The Balaban J connectivity index is 0.00000136. The maximum Gasteiger partial charge on any atom is 0.343 e. The standard InChI is InChI=1S/C22H25NO3.C2H6/c1-4-6-9-16(5-2)18-11-7-10-17-14-19-20(26-15-21(24)25-3)12-8-13-23(19)22(17)18;1-2/h4-6,8-9,11-14,17,22H,2,7,10,15H2,1,3H3;1-2H3/b6-4-,16-9+;. The molecule has 0 spiro atoms. The molecular formula is C24H31NO3. The van der Waals surface area contributed by atoms with E-state index in [9.17, 15) is 4.79 Å². The minimum absolute atomic E-state index is 0.0848. The van der Waals surface area contributed by atoms with E-state index in [-0.39, 0.29) is 18.6 Å². The molecule has 2 atom stereocenters. The quantitative estimate of drug-likeness (QED) is 0.468. The van der Waals surface area contributed by atoms with Crippen LogP contribution in [0, 0.1) is 5.92 Å². The van der Waals surface area contributed by atoms with E-state index in [1.54, 1.807) is 0 Å². The van der Waals surface area contributed by atoms with Crippen molar-refractivity contribution in [1.29, 1.82) is 0 Å². The second-order valence-corrected chi connectivity index (χ2v) is 6.39. The topological polar surface area (TPSA) is 38.8 Å². The molecule has 0 aromatic carbocycles. The molecule has 0 N–H and O–H groups in total. The van der Waals surface area contributed by atoms with Gasteiger partial charge in [-0.15, -0.1) is 0 Å². The Morgan fingerprint density at radius 3 is 2.86 bits per heavy atom. The summed E-state index contributed by atoms with van der Waals surface area (Å²) in [4.78, 5) is 13.7. The van der Waals surface area contributed by atoms with Crippen LogP contribution in [-0.4, -0.2) is 30.6 Å². The van der Waals surface area contributed by atoms with Crippen molar-refractivity contribution in [3.63, 3.8) is 0 Å². The van der Waals surface area contributed by atoms with Crippen molar-refractivity contribution in [3.05, 3.63) is 84.0 Å². The van der Waals surface area contributed by atoms with Gasteiger partial charge in [0.15, 0.2) is 6.61 Å². The Labute approximate surface area is 168 Å². The van der Waals surface area contributed by atoms with E-state index in [1.807, 2.05) is 51.2 Å². The number of carbonyl (C=O) groups is 1. The van der Waals surface area contributed by atoms with E-state index in [4.69, 9.17) is 4.74 Å². The van der Waals surface area contributed by atoms with Crippen molar-refractivity contribution >= 4 is 5.97 Å². The minimum Gasteiger partial charge on any atom is -0.480 e. The van der Waals surface area contributed by atoms with Gasteiger partial charge < -0.3 is 14.4 Å². The van der Waals surface area contributed by atoms with Gasteiger partial charge in [-0.3, -0.25) is 0 Å². The molecule has 2 heterocycles. The molecule has 0 fully saturated rings. The minimum atomic E-state index is -0.383. The van der Waals surface area contributed by atoms with Crippen molar-refractivity contribution < 1.29 is 14.3 Å². The van der Waals surface area contributed by atoms with Crippen LogP contribution in [0.1, 0.15) is 33.6 Å². The van der Waals surface area contributed by atoms with Crippen molar-refractivity contribution in [2.45, 2.75) is 39.7 Å². The highest BCUT2D eigenvalue weighted by molar-refractivity contribution is 5.70. The van der Waals surface area contributed by atoms with Crippen LogP contribution in [0.4, 0.5) is 0 Å². The molecule has 4 nitrogen and oxygen atoms in total. The van der Waals surface area contributed by atoms with E-state index < -0.39 is 0 Å². The molecule has 28 heavy (non-hydrogen) atoms. The lowest BCUT2D eigenvalue weighted by Crippen LogP contribution is -2.35. The van der Waals surface area contributed by atoms with Gasteiger partial charge in [0.05, 0.1) is 18.8 Å². The normalized spacial score (nSPS) is 22.9. The highest BCUT2D eigenvalue weighted by Crippen LogP contribution is 2.44. The zero-order valence-electron chi connectivity index (χ0n) is 17.4. The smallest absolute Gasteiger partial charge is 0.343 e. The number of ether oxygens (including phenoxy) is 2. The van der Waals surface area contributed by atoms with Crippen LogP contribution in [-0.2, 0) is 14.3 Å². The fraction of sp³-hybridized carbons (Fsp3) is 0.375. The van der Waals surface area contributed by atoms with Crippen LogP contribution in [0.15, 0.2) is 84.0 Å². The highest BCUT2D eigenvalue weighted by atomic mass is 16.6. The predicted molar refractivity (Wildman–Crippen MR) is 114 cm³/mol. The lowest BCUT2D eigenvalue weighted by Gasteiger charge is -2.36. The molecule has 0 saturated carbocycles. The monoisotopic (exact) mass is 381 g/mol. The van der Waals surface area contributed by atoms with Crippen molar-refractivity contribution in [2.24, 2.45) is 5.92 Å². The van der Waals surface area contributed by atoms with Gasteiger partial charge in [-0.2, -0.15) is 0 Å². The summed E-state index contributed by atoms with van der Waals surface area (Å²) < 4.78 is 10.4. The van der Waals surface area contributed by atoms with Gasteiger partial charge in [-0.25, -0.2) is 4.79 Å². The number of hydrogen-bond acceptors (Lipinski definition) is 4. The van der Waals surface area contributed by atoms with Crippen LogP contribution in [0.5, 0.6) is 0 Å². The molecule has 4 heteroatoms. The third kappa shape index (κ3) is 4.56. The first-order valence-corrected chi connectivity index (χ1v) is 9.94. The number of fused-ring (bicyclic) bond motifs is 3. The summed E-state index contributed by atoms with van der Waals surface area (Å²) in [6.45, 7) is 9.92. The highest BCUT2D eigenvalue weighted by Gasteiger charge is 2.40. The van der Waals surface area contributed by atoms with Gasteiger partial charge in [0.25, 0.3) is 0 Å². The predicted octanol–water partition coefficient (Wildman–Crippen LogP) is 5.21. The van der Waals surface area contributed by atoms with Gasteiger partial charge in [0.2, 0.25) is 0 Å². The molecule has 3 rings (SSSR count). The molecule has 150 valence electrons. The molecule has 0 aromatic rings. The van der Waals surface area contributed by atoms with Crippen LogP contribution in [0.3, 0.4) is 0 Å². The van der Waals surface area contributed by atoms with Gasteiger partial charge in [0.1, 0.15) is 5.76 Å². The number of carbonyl (C=O) groups excluding carboxylic acids is 1. The molecular weight excluding hydrogens is 350 g/mol. The van der Waals surface area contributed by atoms with E-state index in [1.165, 1.54) is 12.7 Å². The molecule has 0 amide bonds. The Kier molecular flexibility index (Phi) is 8.12. The first kappa shape index (κ1) is 21.5. The number of esters is 1. The Morgan fingerprint density at radius 2 is 2.18 bits per heavy atom. The summed E-state index contributed by atoms with van der Waals surface area (Å²) >= 11 is 0. The second-order valence-electron chi connectivity index (χ2n) is 6.39. The fourth-order valence-corrected chi connectivity index (χ4v) is 3.69.